The number of nitrogens with zero attached hydrogens (tertiary/aromatic N) is 1. The van der Waals surface area contributed by atoms with Crippen molar-refractivity contribution >= 4 is 10.0 Å². The Morgan fingerprint density at radius 2 is 1.86 bits per heavy atom. The summed E-state index contributed by atoms with van der Waals surface area (Å²) in [5.74, 6) is 5.55. The van der Waals surface area contributed by atoms with E-state index in [-0.39, 0.29) is 18.0 Å². The molecule has 3 nitrogen and oxygen atoms in total. The van der Waals surface area contributed by atoms with Crippen LogP contribution in [0.4, 0.5) is 0 Å². The van der Waals surface area contributed by atoms with Crippen LogP contribution in [0, 0.1) is 18.8 Å². The third-order valence-corrected chi connectivity index (χ3v) is 4.60. The van der Waals surface area contributed by atoms with Crippen LogP contribution in [0.2, 0.25) is 0 Å². The summed E-state index contributed by atoms with van der Waals surface area (Å²) in [4.78, 5) is 0.289. The van der Waals surface area contributed by atoms with Crippen molar-refractivity contribution in [2.45, 2.75) is 32.6 Å². The molecule has 0 N–H and O–H groups in total. The fraction of sp³-hybridized carbons (Fsp3) is 0.353. The maximum absolute atomic E-state index is 12.6. The average molecular weight is 303 g/mol. The molecule has 0 heterocycles. The second-order valence-electron chi connectivity index (χ2n) is 4.89. The number of benzene rings is 1. The molecule has 0 aliphatic heterocycles. The summed E-state index contributed by atoms with van der Waals surface area (Å²) in [5.41, 5.74) is 5.05. The molecular formula is C17H21NO2S. The Balaban J connectivity index is 3.12. The van der Waals surface area contributed by atoms with Crippen LogP contribution in [0.1, 0.15) is 26.3 Å². The topological polar surface area (TPSA) is 37.4 Å². The minimum absolute atomic E-state index is 0.174. The van der Waals surface area contributed by atoms with Crippen molar-refractivity contribution in [3.63, 3.8) is 0 Å². The predicted molar refractivity (Wildman–Crippen MR) is 86.3 cm³/mol. The van der Waals surface area contributed by atoms with Gasteiger partial charge in [0.15, 0.2) is 0 Å². The zero-order chi connectivity index (χ0) is 15.9. The van der Waals surface area contributed by atoms with Gasteiger partial charge in [-0.15, -0.1) is 11.7 Å². The summed E-state index contributed by atoms with van der Waals surface area (Å²) in [5, 5.41) is 0. The second kappa shape index (κ2) is 7.85. The Kier molecular flexibility index (Phi) is 6.45. The van der Waals surface area contributed by atoms with Gasteiger partial charge in [-0.25, -0.2) is 8.42 Å². The van der Waals surface area contributed by atoms with Gasteiger partial charge in [0.25, 0.3) is 0 Å². The van der Waals surface area contributed by atoms with E-state index in [0.29, 0.717) is 0 Å². The van der Waals surface area contributed by atoms with Crippen molar-refractivity contribution in [3.05, 3.63) is 47.2 Å². The van der Waals surface area contributed by atoms with Gasteiger partial charge >= 0.3 is 0 Å². The molecule has 0 aliphatic rings. The molecule has 0 aliphatic carbocycles. The Morgan fingerprint density at radius 3 is 2.38 bits per heavy atom. The molecule has 4 heteroatoms. The highest BCUT2D eigenvalue weighted by atomic mass is 32.2. The summed E-state index contributed by atoms with van der Waals surface area (Å²) in [6.07, 6.45) is 1.72. The van der Waals surface area contributed by atoms with Crippen molar-refractivity contribution in [2.24, 2.45) is 0 Å². The molecule has 0 saturated carbocycles. The standard InChI is InChI=1S/C17H21NO2S/c1-5-6-13-18(14-7-8-15(2)3)21(19,20)17-11-9-16(4)10-12-17/h7,9-12H,13-14H2,1-4H3. The van der Waals surface area contributed by atoms with Gasteiger partial charge in [-0.3, -0.25) is 0 Å². The average Bonchev–Trinajstić information content (AvgIpc) is 2.42. The molecule has 0 spiro atoms. The molecule has 21 heavy (non-hydrogen) atoms. The van der Waals surface area contributed by atoms with Gasteiger partial charge in [0.2, 0.25) is 10.0 Å². The molecule has 0 saturated heterocycles. The van der Waals surface area contributed by atoms with Crippen LogP contribution < -0.4 is 0 Å². The fourth-order valence-electron chi connectivity index (χ4n) is 1.63. The predicted octanol–water partition coefficient (Wildman–Crippen LogP) is 3.13. The van der Waals surface area contributed by atoms with Crippen LogP contribution in [0.15, 0.2) is 46.5 Å². The van der Waals surface area contributed by atoms with Crippen molar-refractivity contribution < 1.29 is 8.42 Å². The number of rotatable bonds is 5. The van der Waals surface area contributed by atoms with Crippen molar-refractivity contribution in [1.82, 2.24) is 4.31 Å². The van der Waals surface area contributed by atoms with E-state index < -0.39 is 10.0 Å². The molecule has 0 fully saturated rings. The SMILES string of the molecule is CC#CCN(CC=C=C(C)C)S(=O)(=O)c1ccc(C)cc1. The van der Waals surface area contributed by atoms with E-state index in [4.69, 9.17) is 0 Å². The van der Waals surface area contributed by atoms with Gasteiger partial charge in [0.1, 0.15) is 0 Å². The number of hydrogen-bond acceptors (Lipinski definition) is 2. The van der Waals surface area contributed by atoms with Gasteiger partial charge in [-0.2, -0.15) is 4.31 Å². The largest absolute Gasteiger partial charge is 0.244 e. The highest BCUT2D eigenvalue weighted by Crippen LogP contribution is 2.16. The summed E-state index contributed by atoms with van der Waals surface area (Å²) in [7, 11) is -3.54. The third-order valence-electron chi connectivity index (χ3n) is 2.78. The lowest BCUT2D eigenvalue weighted by atomic mass is 10.2. The van der Waals surface area contributed by atoms with E-state index in [1.807, 2.05) is 20.8 Å². The van der Waals surface area contributed by atoms with Gasteiger partial charge in [0.05, 0.1) is 11.4 Å². The Bertz CT molecular complexity index is 693. The van der Waals surface area contributed by atoms with E-state index in [1.54, 1.807) is 37.3 Å². The fourth-order valence-corrected chi connectivity index (χ4v) is 2.91. The van der Waals surface area contributed by atoms with Crippen molar-refractivity contribution in [2.75, 3.05) is 13.1 Å². The first-order valence-electron chi connectivity index (χ1n) is 6.72. The molecule has 0 aromatic heterocycles. The van der Waals surface area contributed by atoms with Crippen LogP contribution in [0.5, 0.6) is 0 Å². The zero-order valence-corrected chi connectivity index (χ0v) is 13.8. The lowest BCUT2D eigenvalue weighted by Gasteiger charge is -2.18. The summed E-state index contributed by atoms with van der Waals surface area (Å²) in [6.45, 7) is 7.89. The lowest BCUT2D eigenvalue weighted by molar-refractivity contribution is 0.478. The maximum Gasteiger partial charge on any atom is 0.244 e. The lowest BCUT2D eigenvalue weighted by Crippen LogP contribution is -2.31. The summed E-state index contributed by atoms with van der Waals surface area (Å²) < 4.78 is 26.6. The van der Waals surface area contributed by atoms with Crippen LogP contribution in [-0.4, -0.2) is 25.8 Å². The van der Waals surface area contributed by atoms with Gasteiger partial charge in [0, 0.05) is 6.54 Å². The normalized spacial score (nSPS) is 10.5. The van der Waals surface area contributed by atoms with Crippen LogP contribution in [-0.2, 0) is 10.0 Å². The number of sulfonamides is 1. The zero-order valence-electron chi connectivity index (χ0n) is 13.0. The number of hydrogen-bond donors (Lipinski definition) is 0. The van der Waals surface area contributed by atoms with Crippen molar-refractivity contribution in [3.8, 4) is 11.8 Å². The molecule has 0 amide bonds. The number of aryl methyl sites for hydroxylation is 1. The first-order chi connectivity index (χ1) is 9.87. The Labute approximate surface area is 128 Å². The maximum atomic E-state index is 12.6. The second-order valence-corrected chi connectivity index (χ2v) is 6.82. The molecule has 112 valence electrons. The summed E-state index contributed by atoms with van der Waals surface area (Å²) in [6, 6.07) is 6.84. The van der Waals surface area contributed by atoms with Crippen LogP contribution in [0.25, 0.3) is 0 Å². The van der Waals surface area contributed by atoms with E-state index in [9.17, 15) is 8.42 Å². The smallest absolute Gasteiger partial charge is 0.207 e. The molecule has 0 radical (unpaired) electrons. The molecule has 1 aromatic carbocycles. The van der Waals surface area contributed by atoms with E-state index in [1.165, 1.54) is 4.31 Å². The molecule has 0 atom stereocenters. The molecule has 1 rings (SSSR count). The highest BCUT2D eigenvalue weighted by molar-refractivity contribution is 7.89. The first-order valence-corrected chi connectivity index (χ1v) is 8.16. The molecule has 1 aromatic rings. The minimum atomic E-state index is -3.54. The molecule has 0 bridgehead atoms. The Morgan fingerprint density at radius 1 is 1.24 bits per heavy atom. The molecular weight excluding hydrogens is 282 g/mol. The van der Waals surface area contributed by atoms with Crippen LogP contribution >= 0.6 is 0 Å². The molecule has 0 unspecified atom stereocenters. The van der Waals surface area contributed by atoms with E-state index in [2.05, 4.69) is 17.6 Å². The quantitative estimate of drug-likeness (QED) is 0.619. The van der Waals surface area contributed by atoms with Crippen LogP contribution in [0.3, 0.4) is 0 Å². The van der Waals surface area contributed by atoms with Gasteiger partial charge in [-0.05, 0) is 51.5 Å². The Hall–Kier alpha value is -1.79. The van der Waals surface area contributed by atoms with Crippen molar-refractivity contribution in [1.29, 1.82) is 0 Å². The minimum Gasteiger partial charge on any atom is -0.207 e. The summed E-state index contributed by atoms with van der Waals surface area (Å²) >= 11 is 0. The van der Waals surface area contributed by atoms with E-state index >= 15 is 0 Å². The van der Waals surface area contributed by atoms with Gasteiger partial charge in [-0.1, -0.05) is 23.6 Å². The van der Waals surface area contributed by atoms with Gasteiger partial charge < -0.3 is 0 Å². The van der Waals surface area contributed by atoms with E-state index in [0.717, 1.165) is 11.1 Å². The first kappa shape index (κ1) is 17.3. The monoisotopic (exact) mass is 303 g/mol. The highest BCUT2D eigenvalue weighted by Gasteiger charge is 2.22. The third kappa shape index (κ3) is 5.24.